The summed E-state index contributed by atoms with van der Waals surface area (Å²) in [6.07, 6.45) is 0.408. The second-order valence-electron chi connectivity index (χ2n) is 4.23. The van der Waals surface area contributed by atoms with E-state index in [9.17, 15) is 4.79 Å². The summed E-state index contributed by atoms with van der Waals surface area (Å²) in [6.45, 7) is 0.581. The molecule has 3 heteroatoms. The molecule has 0 radical (unpaired) electrons. The predicted octanol–water partition coefficient (Wildman–Crippen LogP) is 3.25. The standard InChI is InChI=1S/C16H17NO2/c1-19-16(18)17-12-11-13-7-9-15(10-8-13)14-5-3-2-4-6-14/h2-10H,11-12H2,1H3,(H,17,18). The number of rotatable bonds is 4. The minimum absolute atomic E-state index is 0.388. The first kappa shape index (κ1) is 13.1. The Labute approximate surface area is 113 Å². The Hall–Kier alpha value is -2.29. The second-order valence-corrected chi connectivity index (χ2v) is 4.23. The molecule has 2 aromatic carbocycles. The van der Waals surface area contributed by atoms with Crippen molar-refractivity contribution in [3.05, 3.63) is 60.2 Å². The Bertz CT molecular complexity index is 520. The largest absolute Gasteiger partial charge is 0.453 e. The van der Waals surface area contributed by atoms with E-state index in [1.807, 2.05) is 18.2 Å². The van der Waals surface area contributed by atoms with E-state index in [0.29, 0.717) is 6.54 Å². The normalized spacial score (nSPS) is 9.95. The molecule has 0 aliphatic heterocycles. The van der Waals surface area contributed by atoms with Crippen molar-refractivity contribution in [1.29, 1.82) is 0 Å². The number of alkyl carbamates (subject to hydrolysis) is 1. The minimum Gasteiger partial charge on any atom is -0.453 e. The van der Waals surface area contributed by atoms with Crippen LogP contribution in [0.3, 0.4) is 0 Å². The molecule has 0 fully saturated rings. The number of carbonyl (C=O) groups is 1. The number of hydrogen-bond acceptors (Lipinski definition) is 2. The summed E-state index contributed by atoms with van der Waals surface area (Å²) >= 11 is 0. The summed E-state index contributed by atoms with van der Waals surface area (Å²) in [4.78, 5) is 10.9. The number of amides is 1. The van der Waals surface area contributed by atoms with Crippen LogP contribution in [0.15, 0.2) is 54.6 Å². The monoisotopic (exact) mass is 255 g/mol. The van der Waals surface area contributed by atoms with Crippen LogP contribution in [0.4, 0.5) is 4.79 Å². The second kappa shape index (κ2) is 6.59. The lowest BCUT2D eigenvalue weighted by atomic mass is 10.0. The number of benzene rings is 2. The van der Waals surface area contributed by atoms with Crippen molar-refractivity contribution in [2.75, 3.05) is 13.7 Å². The Morgan fingerprint density at radius 2 is 1.63 bits per heavy atom. The van der Waals surface area contributed by atoms with Crippen LogP contribution in [0.1, 0.15) is 5.56 Å². The van der Waals surface area contributed by atoms with Gasteiger partial charge in [-0.05, 0) is 23.1 Å². The van der Waals surface area contributed by atoms with Gasteiger partial charge in [0.1, 0.15) is 0 Å². The number of carbonyl (C=O) groups excluding carboxylic acids is 1. The van der Waals surface area contributed by atoms with Crippen LogP contribution in [0.2, 0.25) is 0 Å². The Morgan fingerprint density at radius 3 is 2.26 bits per heavy atom. The van der Waals surface area contributed by atoms with Crippen molar-refractivity contribution in [1.82, 2.24) is 5.32 Å². The molecule has 0 saturated carbocycles. The van der Waals surface area contributed by atoms with E-state index in [0.717, 1.165) is 6.42 Å². The average Bonchev–Trinajstić information content (AvgIpc) is 2.48. The fourth-order valence-corrected chi connectivity index (χ4v) is 1.88. The topological polar surface area (TPSA) is 38.3 Å². The molecular formula is C16H17NO2. The van der Waals surface area contributed by atoms with E-state index in [4.69, 9.17) is 0 Å². The zero-order valence-electron chi connectivity index (χ0n) is 10.9. The zero-order valence-corrected chi connectivity index (χ0v) is 10.9. The predicted molar refractivity (Wildman–Crippen MR) is 76.0 cm³/mol. The quantitative estimate of drug-likeness (QED) is 0.910. The number of methoxy groups -OCH3 is 1. The molecule has 2 aromatic rings. The average molecular weight is 255 g/mol. The summed E-state index contributed by atoms with van der Waals surface area (Å²) in [7, 11) is 1.37. The molecule has 0 heterocycles. The first-order valence-corrected chi connectivity index (χ1v) is 6.26. The minimum atomic E-state index is -0.388. The van der Waals surface area contributed by atoms with E-state index in [1.165, 1.54) is 23.8 Å². The van der Waals surface area contributed by atoms with Crippen LogP contribution in [-0.4, -0.2) is 19.7 Å². The lowest BCUT2D eigenvalue weighted by Gasteiger charge is -2.05. The van der Waals surface area contributed by atoms with Crippen LogP contribution in [0.25, 0.3) is 11.1 Å². The van der Waals surface area contributed by atoms with Gasteiger partial charge in [-0.2, -0.15) is 0 Å². The van der Waals surface area contributed by atoms with Gasteiger partial charge < -0.3 is 10.1 Å². The van der Waals surface area contributed by atoms with Crippen molar-refractivity contribution in [2.24, 2.45) is 0 Å². The van der Waals surface area contributed by atoms with Crippen molar-refractivity contribution >= 4 is 6.09 Å². The molecule has 1 amide bonds. The van der Waals surface area contributed by atoms with Gasteiger partial charge in [0.2, 0.25) is 0 Å². The van der Waals surface area contributed by atoms with Crippen LogP contribution in [-0.2, 0) is 11.2 Å². The Morgan fingerprint density at radius 1 is 1.00 bits per heavy atom. The van der Waals surface area contributed by atoms with E-state index in [1.54, 1.807) is 0 Å². The highest BCUT2D eigenvalue weighted by molar-refractivity contribution is 5.67. The molecule has 0 bridgehead atoms. The molecule has 3 nitrogen and oxygen atoms in total. The maximum atomic E-state index is 10.9. The van der Waals surface area contributed by atoms with Crippen LogP contribution in [0.5, 0.6) is 0 Å². The first-order chi connectivity index (χ1) is 9.29. The molecule has 0 aromatic heterocycles. The Kier molecular flexibility index (Phi) is 4.56. The van der Waals surface area contributed by atoms with Crippen molar-refractivity contribution in [3.63, 3.8) is 0 Å². The van der Waals surface area contributed by atoms with Crippen LogP contribution < -0.4 is 5.32 Å². The summed E-state index contributed by atoms with van der Waals surface area (Å²) in [5, 5.41) is 2.67. The van der Waals surface area contributed by atoms with Crippen molar-refractivity contribution in [3.8, 4) is 11.1 Å². The molecular weight excluding hydrogens is 238 g/mol. The third-order valence-electron chi connectivity index (χ3n) is 2.93. The van der Waals surface area contributed by atoms with Crippen LogP contribution in [0, 0.1) is 0 Å². The van der Waals surface area contributed by atoms with Gasteiger partial charge in [0.05, 0.1) is 7.11 Å². The first-order valence-electron chi connectivity index (χ1n) is 6.26. The summed E-state index contributed by atoms with van der Waals surface area (Å²) < 4.78 is 4.52. The Balaban J connectivity index is 1.94. The highest BCUT2D eigenvalue weighted by Crippen LogP contribution is 2.19. The molecule has 98 valence electrons. The van der Waals surface area contributed by atoms with Gasteiger partial charge in [-0.1, -0.05) is 54.6 Å². The molecule has 0 unspecified atom stereocenters. The fraction of sp³-hybridized carbons (Fsp3) is 0.188. The summed E-state index contributed by atoms with van der Waals surface area (Å²) in [5.41, 5.74) is 3.60. The molecule has 0 spiro atoms. The maximum absolute atomic E-state index is 10.9. The molecule has 2 rings (SSSR count). The SMILES string of the molecule is COC(=O)NCCc1ccc(-c2ccccc2)cc1. The molecule has 0 atom stereocenters. The molecule has 0 aliphatic carbocycles. The molecule has 0 saturated heterocycles. The molecule has 0 aliphatic rings. The highest BCUT2D eigenvalue weighted by atomic mass is 16.5. The van der Waals surface area contributed by atoms with Gasteiger partial charge in [0, 0.05) is 6.54 Å². The van der Waals surface area contributed by atoms with Crippen molar-refractivity contribution in [2.45, 2.75) is 6.42 Å². The highest BCUT2D eigenvalue weighted by Gasteiger charge is 1.99. The number of nitrogens with one attached hydrogen (secondary N) is 1. The fourth-order valence-electron chi connectivity index (χ4n) is 1.88. The van der Waals surface area contributed by atoms with E-state index < -0.39 is 0 Å². The molecule has 1 N–H and O–H groups in total. The molecule has 19 heavy (non-hydrogen) atoms. The lowest BCUT2D eigenvalue weighted by molar-refractivity contribution is 0.171. The van der Waals surface area contributed by atoms with Gasteiger partial charge >= 0.3 is 6.09 Å². The third-order valence-corrected chi connectivity index (χ3v) is 2.93. The lowest BCUT2D eigenvalue weighted by Crippen LogP contribution is -2.25. The smallest absolute Gasteiger partial charge is 0.406 e. The maximum Gasteiger partial charge on any atom is 0.406 e. The number of ether oxygens (including phenoxy) is 1. The number of hydrogen-bond donors (Lipinski definition) is 1. The third kappa shape index (κ3) is 3.85. The van der Waals surface area contributed by atoms with Crippen molar-refractivity contribution < 1.29 is 9.53 Å². The van der Waals surface area contributed by atoms with Gasteiger partial charge in [-0.25, -0.2) is 4.79 Å². The van der Waals surface area contributed by atoms with E-state index in [-0.39, 0.29) is 6.09 Å². The van der Waals surface area contributed by atoms with Gasteiger partial charge in [-0.15, -0.1) is 0 Å². The zero-order chi connectivity index (χ0) is 13.5. The summed E-state index contributed by atoms with van der Waals surface area (Å²) in [6, 6.07) is 18.6. The van der Waals surface area contributed by atoms with Gasteiger partial charge in [0.25, 0.3) is 0 Å². The van der Waals surface area contributed by atoms with E-state index >= 15 is 0 Å². The summed E-state index contributed by atoms with van der Waals surface area (Å²) in [5.74, 6) is 0. The van der Waals surface area contributed by atoms with Crippen LogP contribution >= 0.6 is 0 Å². The van der Waals surface area contributed by atoms with Gasteiger partial charge in [0.15, 0.2) is 0 Å². The van der Waals surface area contributed by atoms with E-state index in [2.05, 4.69) is 46.5 Å². The van der Waals surface area contributed by atoms with Gasteiger partial charge in [-0.3, -0.25) is 0 Å².